The lowest BCUT2D eigenvalue weighted by Gasteiger charge is -2.24. The van der Waals surface area contributed by atoms with Gasteiger partial charge in [0.1, 0.15) is 10.8 Å². The number of hydrogen-bond donors (Lipinski definition) is 2. The zero-order valence-corrected chi connectivity index (χ0v) is 15.8. The Bertz CT molecular complexity index is 749. The van der Waals surface area contributed by atoms with E-state index < -0.39 is 5.54 Å². The van der Waals surface area contributed by atoms with Crippen molar-refractivity contribution >= 4 is 17.2 Å². The van der Waals surface area contributed by atoms with Gasteiger partial charge in [-0.15, -0.1) is 11.3 Å². The number of benzene rings is 1. The molecule has 1 saturated carbocycles. The second-order valence-electron chi connectivity index (χ2n) is 6.76. The molecular weight excluding hydrogens is 334 g/mol. The smallest absolute Gasteiger partial charge is 0.240 e. The Morgan fingerprint density at radius 3 is 2.56 bits per heavy atom. The fourth-order valence-corrected chi connectivity index (χ4v) is 4.38. The summed E-state index contributed by atoms with van der Waals surface area (Å²) >= 11 is 1.61. The molecule has 134 valence electrons. The zero-order valence-electron chi connectivity index (χ0n) is 15.0. The standard InChI is InChI=1S/C19H25N3O2S/c1-12-16(13(2)22-18(23)19(20)10-4-5-11-19)25-17(21-12)14-6-8-15(24-3)9-7-14/h6-9,13H,4-5,10-11,20H2,1-3H3,(H,22,23). The van der Waals surface area contributed by atoms with Gasteiger partial charge >= 0.3 is 0 Å². The molecule has 2 aromatic rings. The molecule has 3 N–H and O–H groups in total. The maximum atomic E-state index is 12.5. The molecule has 0 saturated heterocycles. The first kappa shape index (κ1) is 17.9. The number of methoxy groups -OCH3 is 1. The van der Waals surface area contributed by atoms with E-state index in [2.05, 4.69) is 10.3 Å². The van der Waals surface area contributed by atoms with Crippen molar-refractivity contribution in [1.82, 2.24) is 10.3 Å². The van der Waals surface area contributed by atoms with Crippen LogP contribution in [0.5, 0.6) is 5.75 Å². The number of carbonyl (C=O) groups is 1. The van der Waals surface area contributed by atoms with Crippen LogP contribution in [-0.2, 0) is 4.79 Å². The van der Waals surface area contributed by atoms with Gasteiger partial charge in [0, 0.05) is 5.56 Å². The third-order valence-electron chi connectivity index (χ3n) is 4.86. The highest BCUT2D eigenvalue weighted by Crippen LogP contribution is 2.33. The number of thiazole rings is 1. The van der Waals surface area contributed by atoms with E-state index in [0.717, 1.165) is 52.6 Å². The summed E-state index contributed by atoms with van der Waals surface area (Å²) in [6.45, 7) is 3.98. The third-order valence-corrected chi connectivity index (χ3v) is 6.25. The number of nitrogens with one attached hydrogen (secondary N) is 1. The van der Waals surface area contributed by atoms with Crippen LogP contribution in [0.4, 0.5) is 0 Å². The summed E-state index contributed by atoms with van der Waals surface area (Å²) in [6, 6.07) is 7.75. The van der Waals surface area contributed by atoms with Gasteiger partial charge in [-0.3, -0.25) is 4.79 Å². The molecule has 0 radical (unpaired) electrons. The molecule has 0 aliphatic heterocycles. The fourth-order valence-electron chi connectivity index (χ4n) is 3.31. The Morgan fingerprint density at radius 1 is 1.32 bits per heavy atom. The molecule has 5 nitrogen and oxygen atoms in total. The van der Waals surface area contributed by atoms with E-state index in [1.807, 2.05) is 38.1 Å². The molecule has 0 spiro atoms. The van der Waals surface area contributed by atoms with Gasteiger partial charge in [0.05, 0.1) is 29.3 Å². The molecule has 6 heteroatoms. The zero-order chi connectivity index (χ0) is 18.0. The van der Waals surface area contributed by atoms with Gasteiger partial charge in [-0.05, 0) is 51.0 Å². The molecular formula is C19H25N3O2S. The van der Waals surface area contributed by atoms with Crippen molar-refractivity contribution < 1.29 is 9.53 Å². The Balaban J connectivity index is 1.75. The Hall–Kier alpha value is -1.92. The molecule has 1 aromatic carbocycles. The fraction of sp³-hybridized carbons (Fsp3) is 0.474. The van der Waals surface area contributed by atoms with Crippen molar-refractivity contribution in [2.75, 3.05) is 7.11 Å². The number of aryl methyl sites for hydroxylation is 1. The van der Waals surface area contributed by atoms with Crippen molar-refractivity contribution in [3.05, 3.63) is 34.8 Å². The number of nitrogens with two attached hydrogens (primary N) is 1. The average molecular weight is 359 g/mol. The van der Waals surface area contributed by atoms with Crippen molar-refractivity contribution in [3.63, 3.8) is 0 Å². The van der Waals surface area contributed by atoms with Crippen LogP contribution >= 0.6 is 11.3 Å². The number of nitrogens with zero attached hydrogens (tertiary/aromatic N) is 1. The number of carbonyl (C=O) groups excluding carboxylic acids is 1. The van der Waals surface area contributed by atoms with Crippen LogP contribution in [0, 0.1) is 6.92 Å². The molecule has 1 amide bonds. The highest BCUT2D eigenvalue weighted by molar-refractivity contribution is 7.15. The lowest BCUT2D eigenvalue weighted by atomic mass is 9.97. The van der Waals surface area contributed by atoms with Crippen molar-refractivity contribution in [2.45, 2.75) is 51.1 Å². The predicted octanol–water partition coefficient (Wildman–Crippen LogP) is 3.58. The number of hydrogen-bond acceptors (Lipinski definition) is 5. The van der Waals surface area contributed by atoms with E-state index in [1.54, 1.807) is 18.4 Å². The molecule has 1 aliphatic carbocycles. The first-order valence-corrected chi connectivity index (χ1v) is 9.46. The van der Waals surface area contributed by atoms with Crippen LogP contribution in [-0.4, -0.2) is 23.5 Å². The molecule has 25 heavy (non-hydrogen) atoms. The van der Waals surface area contributed by atoms with E-state index in [0.29, 0.717) is 0 Å². The molecule has 1 atom stereocenters. The number of rotatable bonds is 5. The monoisotopic (exact) mass is 359 g/mol. The highest BCUT2D eigenvalue weighted by Gasteiger charge is 2.37. The maximum absolute atomic E-state index is 12.5. The van der Waals surface area contributed by atoms with Crippen LogP contribution in [0.2, 0.25) is 0 Å². The Labute approximate surface area is 152 Å². The molecule has 1 aliphatic rings. The summed E-state index contributed by atoms with van der Waals surface area (Å²) in [5, 5.41) is 4.03. The second kappa shape index (κ2) is 7.14. The van der Waals surface area contributed by atoms with E-state index in [-0.39, 0.29) is 11.9 Å². The van der Waals surface area contributed by atoms with Crippen LogP contribution in [0.1, 0.15) is 49.2 Å². The van der Waals surface area contributed by atoms with Gasteiger partial charge in [0.15, 0.2) is 0 Å². The van der Waals surface area contributed by atoms with E-state index in [9.17, 15) is 4.79 Å². The van der Waals surface area contributed by atoms with Crippen LogP contribution in [0.3, 0.4) is 0 Å². The average Bonchev–Trinajstić information content (AvgIpc) is 3.22. The van der Waals surface area contributed by atoms with Crippen LogP contribution in [0.25, 0.3) is 10.6 Å². The van der Waals surface area contributed by atoms with Gasteiger partial charge in [-0.1, -0.05) is 12.8 Å². The normalized spacial score (nSPS) is 17.3. The summed E-state index contributed by atoms with van der Waals surface area (Å²) in [4.78, 5) is 18.3. The van der Waals surface area contributed by atoms with Crippen LogP contribution < -0.4 is 15.8 Å². The molecule has 0 bridgehead atoms. The molecule has 1 aromatic heterocycles. The van der Waals surface area contributed by atoms with Gasteiger partial charge < -0.3 is 15.8 Å². The minimum absolute atomic E-state index is 0.0451. The van der Waals surface area contributed by atoms with Crippen LogP contribution in [0.15, 0.2) is 24.3 Å². The molecule has 3 rings (SSSR count). The molecule has 1 heterocycles. The quantitative estimate of drug-likeness (QED) is 0.855. The van der Waals surface area contributed by atoms with Crippen molar-refractivity contribution in [3.8, 4) is 16.3 Å². The van der Waals surface area contributed by atoms with Crippen molar-refractivity contribution in [2.24, 2.45) is 5.73 Å². The largest absolute Gasteiger partial charge is 0.497 e. The van der Waals surface area contributed by atoms with Gasteiger partial charge in [0.25, 0.3) is 0 Å². The summed E-state index contributed by atoms with van der Waals surface area (Å²) < 4.78 is 5.20. The SMILES string of the molecule is COc1ccc(-c2nc(C)c(C(C)NC(=O)C3(N)CCCC3)s2)cc1. The number of ether oxygens (including phenoxy) is 1. The van der Waals surface area contributed by atoms with E-state index in [1.165, 1.54) is 0 Å². The number of aromatic nitrogens is 1. The van der Waals surface area contributed by atoms with E-state index in [4.69, 9.17) is 10.5 Å². The second-order valence-corrected chi connectivity index (χ2v) is 7.79. The third kappa shape index (κ3) is 3.70. The Morgan fingerprint density at radius 2 is 1.96 bits per heavy atom. The van der Waals surface area contributed by atoms with Gasteiger partial charge in [-0.2, -0.15) is 0 Å². The first-order valence-electron chi connectivity index (χ1n) is 8.64. The topological polar surface area (TPSA) is 77.2 Å². The van der Waals surface area contributed by atoms with E-state index >= 15 is 0 Å². The lowest BCUT2D eigenvalue weighted by Crippen LogP contribution is -2.52. The lowest BCUT2D eigenvalue weighted by molar-refractivity contribution is -0.126. The minimum Gasteiger partial charge on any atom is -0.497 e. The summed E-state index contributed by atoms with van der Waals surface area (Å²) in [6.07, 6.45) is 3.59. The first-order chi connectivity index (χ1) is 11.9. The predicted molar refractivity (Wildman–Crippen MR) is 101 cm³/mol. The van der Waals surface area contributed by atoms with Gasteiger partial charge in [-0.25, -0.2) is 4.98 Å². The highest BCUT2D eigenvalue weighted by atomic mass is 32.1. The Kier molecular flexibility index (Phi) is 5.11. The molecule has 1 unspecified atom stereocenters. The minimum atomic E-state index is -0.703. The maximum Gasteiger partial charge on any atom is 0.240 e. The van der Waals surface area contributed by atoms with Crippen molar-refractivity contribution in [1.29, 1.82) is 0 Å². The number of amides is 1. The summed E-state index contributed by atoms with van der Waals surface area (Å²) in [7, 11) is 1.65. The molecule has 1 fully saturated rings. The summed E-state index contributed by atoms with van der Waals surface area (Å²) in [5.74, 6) is 0.777. The van der Waals surface area contributed by atoms with Gasteiger partial charge in [0.2, 0.25) is 5.91 Å². The summed E-state index contributed by atoms with van der Waals surface area (Å²) in [5.41, 5.74) is 7.54.